The van der Waals surface area contributed by atoms with Crippen molar-refractivity contribution < 1.29 is 0 Å². The van der Waals surface area contributed by atoms with Gasteiger partial charge in [-0.15, -0.1) is 0 Å². The average molecular weight is 332 g/mol. The molecule has 0 spiro atoms. The van der Waals surface area contributed by atoms with Crippen LogP contribution >= 0.6 is 23.2 Å². The summed E-state index contributed by atoms with van der Waals surface area (Å²) in [5.74, 6) is 0. The molecule has 0 saturated carbocycles. The largest absolute Gasteiger partial charge is 0.203 e. The van der Waals surface area contributed by atoms with E-state index in [-0.39, 0.29) is 10.9 Å². The maximum absolute atomic E-state index is 6.45. The van der Waals surface area contributed by atoms with E-state index in [2.05, 4.69) is 24.3 Å². The van der Waals surface area contributed by atoms with Crippen molar-refractivity contribution in [3.05, 3.63) is 88.9 Å². The average Bonchev–Trinajstić information content (AvgIpc) is 2.53. The van der Waals surface area contributed by atoms with E-state index < -0.39 is 0 Å². The zero-order chi connectivity index (χ0) is 14.7. The predicted molar refractivity (Wildman–Crippen MR) is 91.5 cm³/mol. The summed E-state index contributed by atoms with van der Waals surface area (Å²) in [5.41, 5.74) is 0. The lowest BCUT2D eigenvalue weighted by atomic mass is 10.3. The summed E-state index contributed by atoms with van der Waals surface area (Å²) in [7, 11) is -0.302. The van der Waals surface area contributed by atoms with Crippen molar-refractivity contribution in [2.24, 2.45) is 0 Å². The molecule has 3 heteroatoms. The Kier molecular flexibility index (Phi) is 4.54. The molecule has 0 N–H and O–H groups in total. The van der Waals surface area contributed by atoms with Gasteiger partial charge in [-0.25, -0.2) is 0 Å². The normalized spacial score (nSPS) is 10.8. The van der Waals surface area contributed by atoms with Crippen molar-refractivity contribution in [1.82, 2.24) is 0 Å². The SMILES string of the molecule is Clc1cccc(Cl)c1[S+](c1ccccc1)c1ccccc1. The fourth-order valence-corrected chi connectivity index (χ4v) is 5.15. The molecule has 0 aromatic heterocycles. The molecule has 0 amide bonds. The Morgan fingerprint density at radius 1 is 0.524 bits per heavy atom. The van der Waals surface area contributed by atoms with Crippen LogP contribution < -0.4 is 0 Å². The lowest BCUT2D eigenvalue weighted by Gasteiger charge is -2.10. The van der Waals surface area contributed by atoms with Crippen LogP contribution in [-0.4, -0.2) is 0 Å². The van der Waals surface area contributed by atoms with Crippen molar-refractivity contribution in [2.75, 3.05) is 0 Å². The van der Waals surface area contributed by atoms with Gasteiger partial charge in [0.15, 0.2) is 9.79 Å². The van der Waals surface area contributed by atoms with Gasteiger partial charge >= 0.3 is 0 Å². The van der Waals surface area contributed by atoms with E-state index >= 15 is 0 Å². The number of halogens is 2. The summed E-state index contributed by atoms with van der Waals surface area (Å²) < 4.78 is 0. The highest BCUT2D eigenvalue weighted by molar-refractivity contribution is 7.97. The Hall–Kier alpha value is -1.41. The molecular weight excluding hydrogens is 319 g/mol. The number of benzene rings is 3. The highest BCUT2D eigenvalue weighted by atomic mass is 35.5. The van der Waals surface area contributed by atoms with Crippen LogP contribution in [0.3, 0.4) is 0 Å². The molecule has 0 heterocycles. The van der Waals surface area contributed by atoms with Gasteiger partial charge in [-0.05, 0) is 36.4 Å². The van der Waals surface area contributed by atoms with Crippen LogP contribution in [0.15, 0.2) is 93.5 Å². The summed E-state index contributed by atoms with van der Waals surface area (Å²) in [6.45, 7) is 0. The first-order valence-electron chi connectivity index (χ1n) is 6.56. The molecule has 0 nitrogen and oxygen atoms in total. The molecule has 104 valence electrons. The lowest BCUT2D eigenvalue weighted by Crippen LogP contribution is -2.06. The number of hydrogen-bond donors (Lipinski definition) is 0. The topological polar surface area (TPSA) is 0 Å². The van der Waals surface area contributed by atoms with Crippen molar-refractivity contribution >= 4 is 34.1 Å². The Balaban J connectivity index is 2.23. The minimum absolute atomic E-state index is 0.302. The molecule has 0 aliphatic carbocycles. The molecule has 0 unspecified atom stereocenters. The smallest absolute Gasteiger partial charge is 0.0787 e. The van der Waals surface area contributed by atoms with E-state index in [1.54, 1.807) is 0 Å². The van der Waals surface area contributed by atoms with Crippen LogP contribution in [-0.2, 0) is 10.9 Å². The Morgan fingerprint density at radius 2 is 0.952 bits per heavy atom. The highest BCUT2D eigenvalue weighted by Crippen LogP contribution is 2.39. The summed E-state index contributed by atoms with van der Waals surface area (Å²) in [6.07, 6.45) is 0. The molecule has 0 saturated heterocycles. The van der Waals surface area contributed by atoms with Gasteiger partial charge in [-0.3, -0.25) is 0 Å². The third-order valence-corrected chi connectivity index (χ3v) is 6.27. The predicted octanol–water partition coefficient (Wildman–Crippen LogP) is 6.09. The van der Waals surface area contributed by atoms with Crippen molar-refractivity contribution in [2.45, 2.75) is 14.7 Å². The van der Waals surface area contributed by atoms with Gasteiger partial charge in [0.25, 0.3) is 0 Å². The first-order chi connectivity index (χ1) is 10.3. The fourth-order valence-electron chi connectivity index (χ4n) is 2.16. The summed E-state index contributed by atoms with van der Waals surface area (Å²) in [4.78, 5) is 3.40. The second kappa shape index (κ2) is 6.57. The zero-order valence-electron chi connectivity index (χ0n) is 11.2. The van der Waals surface area contributed by atoms with Gasteiger partial charge in [-0.2, -0.15) is 0 Å². The molecule has 3 rings (SSSR count). The Labute approximate surface area is 137 Å². The fraction of sp³-hybridized carbons (Fsp3) is 0. The first kappa shape index (κ1) is 14.5. The monoisotopic (exact) mass is 331 g/mol. The quantitative estimate of drug-likeness (QED) is 0.509. The third-order valence-electron chi connectivity index (χ3n) is 3.08. The van der Waals surface area contributed by atoms with E-state index in [1.807, 2.05) is 54.6 Å². The summed E-state index contributed by atoms with van der Waals surface area (Å²) >= 11 is 12.9. The zero-order valence-corrected chi connectivity index (χ0v) is 13.5. The minimum Gasteiger partial charge on any atom is -0.0787 e. The Bertz CT molecular complexity index is 667. The second-order valence-corrected chi connectivity index (χ2v) is 7.26. The van der Waals surface area contributed by atoms with Crippen LogP contribution in [0.1, 0.15) is 0 Å². The van der Waals surface area contributed by atoms with E-state index in [1.165, 1.54) is 9.79 Å². The molecule has 0 atom stereocenters. The van der Waals surface area contributed by atoms with Crippen LogP contribution in [0.4, 0.5) is 0 Å². The van der Waals surface area contributed by atoms with Crippen molar-refractivity contribution in [1.29, 1.82) is 0 Å². The number of rotatable bonds is 3. The van der Waals surface area contributed by atoms with Crippen LogP contribution in [0, 0.1) is 0 Å². The van der Waals surface area contributed by atoms with E-state index in [0.29, 0.717) is 10.0 Å². The van der Waals surface area contributed by atoms with E-state index in [0.717, 1.165) is 4.90 Å². The maximum atomic E-state index is 6.45. The number of hydrogen-bond acceptors (Lipinski definition) is 0. The first-order valence-corrected chi connectivity index (χ1v) is 8.54. The maximum Gasteiger partial charge on any atom is 0.203 e. The van der Waals surface area contributed by atoms with Gasteiger partial charge in [0.05, 0.1) is 10.0 Å². The van der Waals surface area contributed by atoms with Gasteiger partial charge in [0.2, 0.25) is 4.90 Å². The minimum atomic E-state index is -0.302. The molecule has 3 aromatic carbocycles. The molecule has 21 heavy (non-hydrogen) atoms. The summed E-state index contributed by atoms with van der Waals surface area (Å²) in [5, 5.41) is 1.41. The molecule has 0 fully saturated rings. The molecule has 0 aliphatic heterocycles. The van der Waals surface area contributed by atoms with E-state index in [9.17, 15) is 0 Å². The molecule has 0 bridgehead atoms. The van der Waals surface area contributed by atoms with E-state index in [4.69, 9.17) is 23.2 Å². The molecule has 0 radical (unpaired) electrons. The van der Waals surface area contributed by atoms with Gasteiger partial charge in [0, 0.05) is 0 Å². The van der Waals surface area contributed by atoms with Crippen molar-refractivity contribution in [3.8, 4) is 0 Å². The van der Waals surface area contributed by atoms with Crippen LogP contribution in [0.2, 0.25) is 10.0 Å². The molecule has 3 aromatic rings. The standard InChI is InChI=1S/C18H13Cl2S/c19-16-12-7-13-17(20)18(16)21(14-8-3-1-4-9-14)15-10-5-2-6-11-15/h1-13H/q+1. The third kappa shape index (κ3) is 3.11. The summed E-state index contributed by atoms with van der Waals surface area (Å²) in [6, 6.07) is 26.4. The molecular formula is C18H13Cl2S+. The van der Waals surface area contributed by atoms with Crippen molar-refractivity contribution in [3.63, 3.8) is 0 Å². The highest BCUT2D eigenvalue weighted by Gasteiger charge is 2.33. The second-order valence-electron chi connectivity index (χ2n) is 4.48. The van der Waals surface area contributed by atoms with Crippen LogP contribution in [0.5, 0.6) is 0 Å². The van der Waals surface area contributed by atoms with Gasteiger partial charge in [-0.1, -0.05) is 65.7 Å². The molecule has 0 aliphatic rings. The lowest BCUT2D eigenvalue weighted by molar-refractivity contribution is 1.32. The Morgan fingerprint density at radius 3 is 1.38 bits per heavy atom. The van der Waals surface area contributed by atoms with Crippen LogP contribution in [0.25, 0.3) is 0 Å². The van der Waals surface area contributed by atoms with Gasteiger partial charge in [0.1, 0.15) is 10.9 Å². The van der Waals surface area contributed by atoms with Gasteiger partial charge < -0.3 is 0 Å².